The topological polar surface area (TPSA) is 125 Å². The van der Waals surface area contributed by atoms with E-state index in [1.807, 2.05) is 4.90 Å². The van der Waals surface area contributed by atoms with Gasteiger partial charge in [0, 0.05) is 42.5 Å². The number of halogens is 4. The standard InChI is InChI=1S/C27H27F4N7O3S/c1-33-17-24(38-9-2-4-23(36-38)19-14-21(27(29,30)31)25(32)35-16-19)20-6-5-18(15-22(20)28)26(39)34-7-3-8-37-10-12-42(40,41)13-11-37/h1-2,4-6,14-17H,3,7-13H2,(H2-,32,34,35,36,39)/p+1/b24-17-. The van der Waals surface area contributed by atoms with Crippen molar-refractivity contribution in [2.75, 3.05) is 50.0 Å². The Morgan fingerprint density at radius 2 is 1.95 bits per heavy atom. The minimum absolute atomic E-state index is 0.00520. The first kappa shape index (κ1) is 30.7. The highest BCUT2D eigenvalue weighted by molar-refractivity contribution is 7.91. The summed E-state index contributed by atoms with van der Waals surface area (Å²) in [5.41, 5.74) is 4.62. The smallest absolute Gasteiger partial charge is 0.383 e. The number of nitrogens with two attached hydrogens (primary N) is 1. The Balaban J connectivity index is 1.44. The summed E-state index contributed by atoms with van der Waals surface area (Å²) in [5, 5.41) is 8.37. The molecule has 1 amide bonds. The normalized spacial score (nSPS) is 17.5. The first-order valence-corrected chi connectivity index (χ1v) is 14.7. The van der Waals surface area contributed by atoms with Crippen LogP contribution in [0.15, 0.2) is 53.9 Å². The third-order valence-electron chi connectivity index (χ3n) is 6.66. The fraction of sp³-hybridized carbons (Fsp3) is 0.333. The predicted molar refractivity (Wildman–Crippen MR) is 151 cm³/mol. The van der Waals surface area contributed by atoms with Crippen molar-refractivity contribution in [3.8, 4) is 6.57 Å². The molecule has 2 aliphatic rings. The summed E-state index contributed by atoms with van der Waals surface area (Å²) < 4.78 is 78.3. The number of alkyl halides is 3. The molecule has 2 aliphatic heterocycles. The zero-order chi connectivity index (χ0) is 30.5. The molecule has 1 fully saturated rings. The van der Waals surface area contributed by atoms with E-state index in [2.05, 4.69) is 20.2 Å². The van der Waals surface area contributed by atoms with Gasteiger partial charge in [-0.05, 0) is 48.2 Å². The zero-order valence-electron chi connectivity index (χ0n) is 22.3. The Labute approximate surface area is 239 Å². The molecule has 10 nitrogen and oxygen atoms in total. The molecule has 4 rings (SSSR count). The first-order chi connectivity index (χ1) is 19.9. The maximum absolute atomic E-state index is 15.3. The van der Waals surface area contributed by atoms with Gasteiger partial charge in [0.05, 0.1) is 29.3 Å². The van der Waals surface area contributed by atoms with E-state index in [1.165, 1.54) is 23.2 Å². The average molecular weight is 607 g/mol. The lowest BCUT2D eigenvalue weighted by Gasteiger charge is -2.26. The summed E-state index contributed by atoms with van der Waals surface area (Å²) in [6, 6.07) is 4.65. The number of rotatable bonds is 8. The van der Waals surface area contributed by atoms with E-state index in [0.29, 0.717) is 32.6 Å². The summed E-state index contributed by atoms with van der Waals surface area (Å²) in [6.45, 7) is 7.33. The van der Waals surface area contributed by atoms with Crippen LogP contribution in [0.1, 0.15) is 33.5 Å². The SMILES string of the molecule is C#[N+]/C=C(/c1ccc(C(=O)NCCCN2CCS(=O)(=O)CC2)cc1F)N1CC=CC(c2cnc(N)c(C(F)(F)F)c2)=N1. The van der Waals surface area contributed by atoms with Crippen LogP contribution < -0.4 is 11.1 Å². The molecule has 0 spiro atoms. The molecule has 0 bridgehead atoms. The van der Waals surface area contributed by atoms with Gasteiger partial charge < -0.3 is 16.0 Å². The molecule has 0 radical (unpaired) electrons. The molecule has 1 aromatic carbocycles. The first-order valence-electron chi connectivity index (χ1n) is 12.8. The Hall–Kier alpha value is -4.29. The highest BCUT2D eigenvalue weighted by Gasteiger charge is 2.34. The van der Waals surface area contributed by atoms with Crippen molar-refractivity contribution in [3.63, 3.8) is 0 Å². The highest BCUT2D eigenvalue weighted by Crippen LogP contribution is 2.33. The number of benzene rings is 1. The molecule has 15 heteroatoms. The second kappa shape index (κ2) is 12.7. The molecule has 3 heterocycles. The number of carbonyl (C=O) groups is 1. The Kier molecular flexibility index (Phi) is 9.27. The van der Waals surface area contributed by atoms with Crippen LogP contribution in [-0.2, 0) is 16.0 Å². The number of anilines is 1. The summed E-state index contributed by atoms with van der Waals surface area (Å²) in [6.07, 6.45) is 1.28. The second-order valence-electron chi connectivity index (χ2n) is 9.59. The maximum Gasteiger partial charge on any atom is 0.419 e. The molecule has 0 aliphatic carbocycles. The summed E-state index contributed by atoms with van der Waals surface area (Å²) in [7, 11) is -2.97. The van der Waals surface area contributed by atoms with Crippen molar-refractivity contribution < 1.29 is 30.8 Å². The second-order valence-corrected chi connectivity index (χ2v) is 11.9. The number of aromatic nitrogens is 1. The molecule has 222 valence electrons. The van der Waals surface area contributed by atoms with E-state index < -0.39 is 39.1 Å². The fourth-order valence-electron chi connectivity index (χ4n) is 4.41. The average Bonchev–Trinajstić information content (AvgIpc) is 2.94. The van der Waals surface area contributed by atoms with Crippen molar-refractivity contribution in [1.29, 1.82) is 0 Å². The van der Waals surface area contributed by atoms with E-state index in [9.17, 15) is 26.4 Å². The quantitative estimate of drug-likeness (QED) is 0.349. The molecule has 2 aromatic rings. The van der Waals surface area contributed by atoms with Crippen molar-refractivity contribution >= 4 is 33.0 Å². The Morgan fingerprint density at radius 1 is 1.21 bits per heavy atom. The lowest BCUT2D eigenvalue weighted by molar-refractivity contribution is -0.137. The third kappa shape index (κ3) is 7.51. The van der Waals surface area contributed by atoms with Crippen LogP contribution in [0.5, 0.6) is 0 Å². The Bertz CT molecular complexity index is 1580. The number of amides is 1. The molecular formula is C27H28F4N7O3S+. The van der Waals surface area contributed by atoms with Gasteiger partial charge in [-0.2, -0.15) is 18.3 Å². The zero-order valence-corrected chi connectivity index (χ0v) is 23.1. The minimum atomic E-state index is -4.72. The number of hydrazone groups is 1. The van der Waals surface area contributed by atoms with Crippen LogP contribution in [0.25, 0.3) is 10.5 Å². The number of pyridine rings is 1. The molecule has 1 aromatic heterocycles. The highest BCUT2D eigenvalue weighted by atomic mass is 32.2. The number of nitrogen functional groups attached to an aromatic ring is 1. The largest absolute Gasteiger partial charge is 0.419 e. The molecule has 0 saturated carbocycles. The van der Waals surface area contributed by atoms with Gasteiger partial charge in [0.15, 0.2) is 15.5 Å². The lowest BCUT2D eigenvalue weighted by atomic mass is 10.1. The molecular weight excluding hydrogens is 578 g/mol. The van der Waals surface area contributed by atoms with Crippen molar-refractivity contribution in [3.05, 3.63) is 81.7 Å². The van der Waals surface area contributed by atoms with Crippen molar-refractivity contribution in [2.24, 2.45) is 5.10 Å². The maximum atomic E-state index is 15.3. The van der Waals surface area contributed by atoms with E-state index in [-0.39, 0.29) is 46.1 Å². The summed E-state index contributed by atoms with van der Waals surface area (Å²) >= 11 is 0. The predicted octanol–water partition coefficient (Wildman–Crippen LogP) is 3.21. The number of nitrogens with zero attached hydrogens (tertiary/aromatic N) is 5. The minimum Gasteiger partial charge on any atom is -0.383 e. The van der Waals surface area contributed by atoms with Gasteiger partial charge in [-0.3, -0.25) is 9.80 Å². The number of carbonyl (C=O) groups excluding carboxylic acids is 1. The summed E-state index contributed by atoms with van der Waals surface area (Å²) in [5.74, 6) is -1.69. The van der Waals surface area contributed by atoms with Gasteiger partial charge in [-0.1, -0.05) is 6.08 Å². The number of hydrogen-bond acceptors (Lipinski definition) is 8. The van der Waals surface area contributed by atoms with E-state index in [0.717, 1.165) is 24.5 Å². The number of sulfone groups is 1. The van der Waals surface area contributed by atoms with E-state index in [1.54, 1.807) is 6.08 Å². The summed E-state index contributed by atoms with van der Waals surface area (Å²) in [4.78, 5) is 21.7. The third-order valence-corrected chi connectivity index (χ3v) is 8.27. The van der Waals surface area contributed by atoms with Crippen LogP contribution in [-0.4, -0.2) is 79.2 Å². The number of nitrogens with one attached hydrogen (secondary N) is 1. The van der Waals surface area contributed by atoms with E-state index in [4.69, 9.17) is 12.3 Å². The fourth-order valence-corrected chi connectivity index (χ4v) is 5.68. The number of hydrogen-bond donors (Lipinski definition) is 2. The van der Waals surface area contributed by atoms with Crippen molar-refractivity contribution in [1.82, 2.24) is 20.2 Å². The molecule has 0 unspecified atom stereocenters. The van der Waals surface area contributed by atoms with Gasteiger partial charge in [-0.25, -0.2) is 17.8 Å². The monoisotopic (exact) mass is 606 g/mol. The van der Waals surface area contributed by atoms with Crippen LogP contribution in [0.4, 0.5) is 23.4 Å². The van der Waals surface area contributed by atoms with Gasteiger partial charge >= 0.3 is 12.4 Å². The molecule has 1 saturated heterocycles. The lowest BCUT2D eigenvalue weighted by Crippen LogP contribution is -2.41. The Morgan fingerprint density at radius 3 is 2.62 bits per heavy atom. The molecule has 0 atom stereocenters. The van der Waals surface area contributed by atoms with Gasteiger partial charge in [-0.15, -0.1) is 0 Å². The van der Waals surface area contributed by atoms with Crippen LogP contribution >= 0.6 is 0 Å². The van der Waals surface area contributed by atoms with Crippen LogP contribution in [0.3, 0.4) is 0 Å². The van der Waals surface area contributed by atoms with Gasteiger partial charge in [0.25, 0.3) is 12.5 Å². The molecule has 42 heavy (non-hydrogen) atoms. The van der Waals surface area contributed by atoms with E-state index >= 15 is 4.39 Å². The number of allylic oxidation sites excluding steroid dienone is 1. The van der Waals surface area contributed by atoms with Gasteiger partial charge in [0.2, 0.25) is 0 Å². The molecule has 3 N–H and O–H groups in total. The van der Waals surface area contributed by atoms with Crippen LogP contribution in [0.2, 0.25) is 0 Å². The van der Waals surface area contributed by atoms with Crippen LogP contribution in [0, 0.1) is 12.4 Å². The van der Waals surface area contributed by atoms with Gasteiger partial charge in [0.1, 0.15) is 11.6 Å². The van der Waals surface area contributed by atoms with Crippen molar-refractivity contribution in [2.45, 2.75) is 12.6 Å².